The third-order valence-corrected chi connectivity index (χ3v) is 7.06. The third kappa shape index (κ3) is 4.50. The fourth-order valence-corrected chi connectivity index (χ4v) is 5.34. The summed E-state index contributed by atoms with van der Waals surface area (Å²) in [4.78, 5) is 5.17. The van der Waals surface area contributed by atoms with Gasteiger partial charge in [-0.2, -0.15) is 0 Å². The maximum absolute atomic E-state index is 6.23. The SMILES string of the molecule is c1cc(N2CCCCC2)ccc1COc1ccc2c(c1)C(N1CCNCC1)CCC2. The standard InChI is InChI=1S/C26H35N3O/c1-2-15-28(16-3-1)23-10-7-21(8-11-23)20-30-24-12-9-22-5-4-6-26(25(22)19-24)29-17-13-27-14-18-29/h7-12,19,26-27H,1-6,13-18,20H2. The summed E-state index contributed by atoms with van der Waals surface area (Å²) >= 11 is 0. The van der Waals surface area contributed by atoms with Gasteiger partial charge in [-0.05, 0) is 79.5 Å². The lowest BCUT2D eigenvalue weighted by Gasteiger charge is -2.38. The zero-order valence-electron chi connectivity index (χ0n) is 18.1. The van der Waals surface area contributed by atoms with Gasteiger partial charge in [-0.1, -0.05) is 18.2 Å². The summed E-state index contributed by atoms with van der Waals surface area (Å²) in [5.41, 5.74) is 5.61. The van der Waals surface area contributed by atoms with E-state index in [0.717, 1.165) is 31.9 Å². The topological polar surface area (TPSA) is 27.7 Å². The molecule has 160 valence electrons. The van der Waals surface area contributed by atoms with Crippen LogP contribution in [-0.2, 0) is 13.0 Å². The average molecular weight is 406 g/mol. The molecule has 2 aromatic carbocycles. The molecule has 1 aliphatic carbocycles. The number of aryl methyl sites for hydroxylation is 1. The van der Waals surface area contributed by atoms with Gasteiger partial charge in [0.15, 0.2) is 0 Å². The van der Waals surface area contributed by atoms with Gasteiger partial charge in [-0.3, -0.25) is 4.90 Å². The van der Waals surface area contributed by atoms with E-state index in [9.17, 15) is 0 Å². The van der Waals surface area contributed by atoms with Crippen LogP contribution in [0.15, 0.2) is 42.5 Å². The Balaban J connectivity index is 1.24. The van der Waals surface area contributed by atoms with Gasteiger partial charge in [0.1, 0.15) is 12.4 Å². The molecule has 0 bridgehead atoms. The first-order valence-electron chi connectivity index (χ1n) is 11.9. The van der Waals surface area contributed by atoms with Crippen molar-refractivity contribution in [3.05, 3.63) is 59.2 Å². The Morgan fingerprint density at radius 2 is 1.67 bits per heavy atom. The van der Waals surface area contributed by atoms with Crippen LogP contribution in [0.1, 0.15) is 54.8 Å². The first-order valence-corrected chi connectivity index (χ1v) is 11.9. The largest absolute Gasteiger partial charge is 0.489 e. The number of nitrogens with one attached hydrogen (secondary N) is 1. The highest BCUT2D eigenvalue weighted by atomic mass is 16.5. The van der Waals surface area contributed by atoms with Crippen LogP contribution < -0.4 is 15.0 Å². The number of anilines is 1. The maximum atomic E-state index is 6.23. The molecule has 0 amide bonds. The van der Waals surface area contributed by atoms with E-state index in [-0.39, 0.29) is 0 Å². The molecular formula is C26H35N3O. The van der Waals surface area contributed by atoms with Gasteiger partial charge in [0, 0.05) is 51.0 Å². The molecule has 1 N–H and O–H groups in total. The molecule has 0 radical (unpaired) electrons. The first kappa shape index (κ1) is 19.9. The fraction of sp³-hybridized carbons (Fsp3) is 0.538. The summed E-state index contributed by atoms with van der Waals surface area (Å²) in [5, 5.41) is 3.48. The summed E-state index contributed by atoms with van der Waals surface area (Å²) < 4.78 is 6.23. The highest BCUT2D eigenvalue weighted by molar-refractivity contribution is 5.48. The van der Waals surface area contributed by atoms with Crippen LogP contribution in [0.5, 0.6) is 5.75 Å². The van der Waals surface area contributed by atoms with Crippen LogP contribution >= 0.6 is 0 Å². The van der Waals surface area contributed by atoms with E-state index < -0.39 is 0 Å². The average Bonchev–Trinajstić information content (AvgIpc) is 2.84. The Bertz CT molecular complexity index is 823. The molecule has 0 spiro atoms. The third-order valence-electron chi connectivity index (χ3n) is 7.06. The quantitative estimate of drug-likeness (QED) is 0.790. The van der Waals surface area contributed by atoms with E-state index in [2.05, 4.69) is 57.6 Å². The van der Waals surface area contributed by atoms with Crippen molar-refractivity contribution in [1.29, 1.82) is 0 Å². The number of benzene rings is 2. The summed E-state index contributed by atoms with van der Waals surface area (Å²) in [6, 6.07) is 16.3. The molecule has 0 aromatic heterocycles. The van der Waals surface area contributed by atoms with Gasteiger partial charge < -0.3 is 15.0 Å². The van der Waals surface area contributed by atoms with Crippen molar-refractivity contribution in [2.45, 2.75) is 51.2 Å². The van der Waals surface area contributed by atoms with E-state index >= 15 is 0 Å². The van der Waals surface area contributed by atoms with Crippen LogP contribution in [-0.4, -0.2) is 44.2 Å². The van der Waals surface area contributed by atoms with Crippen molar-refractivity contribution in [3.8, 4) is 5.75 Å². The maximum Gasteiger partial charge on any atom is 0.120 e. The molecule has 1 atom stereocenters. The molecule has 2 aromatic rings. The molecule has 1 unspecified atom stereocenters. The van der Waals surface area contributed by atoms with Crippen molar-refractivity contribution in [1.82, 2.24) is 10.2 Å². The van der Waals surface area contributed by atoms with Gasteiger partial charge in [-0.25, -0.2) is 0 Å². The molecule has 2 heterocycles. The second kappa shape index (κ2) is 9.40. The molecular weight excluding hydrogens is 370 g/mol. The number of hydrogen-bond acceptors (Lipinski definition) is 4. The Kier molecular flexibility index (Phi) is 6.24. The first-order chi connectivity index (χ1) is 14.9. The lowest BCUT2D eigenvalue weighted by molar-refractivity contribution is 0.157. The number of hydrogen-bond donors (Lipinski definition) is 1. The van der Waals surface area contributed by atoms with Gasteiger partial charge in [0.25, 0.3) is 0 Å². The summed E-state index contributed by atoms with van der Waals surface area (Å²) in [6.45, 7) is 7.54. The number of piperidine rings is 1. The normalized spacial score (nSPS) is 22.5. The summed E-state index contributed by atoms with van der Waals surface area (Å²) in [7, 11) is 0. The van der Waals surface area contributed by atoms with Crippen molar-refractivity contribution >= 4 is 5.69 Å². The lowest BCUT2D eigenvalue weighted by atomic mass is 9.86. The number of nitrogens with zero attached hydrogens (tertiary/aromatic N) is 2. The monoisotopic (exact) mass is 405 g/mol. The number of rotatable bonds is 5. The zero-order valence-corrected chi connectivity index (χ0v) is 18.1. The van der Waals surface area contributed by atoms with E-state index in [1.54, 1.807) is 0 Å². The highest BCUT2D eigenvalue weighted by Crippen LogP contribution is 2.36. The molecule has 3 aliphatic rings. The van der Waals surface area contributed by atoms with Crippen LogP contribution in [0.2, 0.25) is 0 Å². The molecule has 2 aliphatic heterocycles. The second-order valence-corrected chi connectivity index (χ2v) is 9.06. The Hall–Kier alpha value is -2.04. The Labute approximate surface area is 181 Å². The predicted octanol–water partition coefficient (Wildman–Crippen LogP) is 4.54. The van der Waals surface area contributed by atoms with Crippen LogP contribution in [0.3, 0.4) is 0 Å². The minimum Gasteiger partial charge on any atom is -0.489 e. The van der Waals surface area contributed by atoms with Gasteiger partial charge in [-0.15, -0.1) is 0 Å². The van der Waals surface area contributed by atoms with Gasteiger partial charge in [0.2, 0.25) is 0 Å². The number of ether oxygens (including phenoxy) is 1. The molecule has 30 heavy (non-hydrogen) atoms. The summed E-state index contributed by atoms with van der Waals surface area (Å²) in [6.07, 6.45) is 7.78. The molecule has 4 nitrogen and oxygen atoms in total. The Morgan fingerprint density at radius 1 is 0.867 bits per heavy atom. The van der Waals surface area contributed by atoms with Crippen molar-refractivity contribution in [2.75, 3.05) is 44.2 Å². The van der Waals surface area contributed by atoms with Crippen LogP contribution in [0.25, 0.3) is 0 Å². The van der Waals surface area contributed by atoms with E-state index in [1.807, 2.05) is 0 Å². The lowest BCUT2D eigenvalue weighted by Crippen LogP contribution is -2.45. The van der Waals surface area contributed by atoms with Crippen LogP contribution in [0.4, 0.5) is 5.69 Å². The van der Waals surface area contributed by atoms with E-state index in [1.165, 1.54) is 74.0 Å². The van der Waals surface area contributed by atoms with E-state index in [0.29, 0.717) is 12.6 Å². The predicted molar refractivity (Wildman–Crippen MR) is 123 cm³/mol. The second-order valence-electron chi connectivity index (χ2n) is 9.06. The number of fused-ring (bicyclic) bond motifs is 1. The number of piperazine rings is 1. The molecule has 2 saturated heterocycles. The van der Waals surface area contributed by atoms with Crippen molar-refractivity contribution in [2.24, 2.45) is 0 Å². The zero-order chi connectivity index (χ0) is 20.2. The smallest absolute Gasteiger partial charge is 0.120 e. The summed E-state index contributed by atoms with van der Waals surface area (Å²) in [5.74, 6) is 1.01. The molecule has 2 fully saturated rings. The van der Waals surface area contributed by atoms with Crippen LogP contribution in [0, 0.1) is 0 Å². The Morgan fingerprint density at radius 3 is 2.47 bits per heavy atom. The van der Waals surface area contributed by atoms with Gasteiger partial charge >= 0.3 is 0 Å². The minimum atomic E-state index is 0.559. The molecule has 5 rings (SSSR count). The molecule has 0 saturated carbocycles. The van der Waals surface area contributed by atoms with Crippen molar-refractivity contribution < 1.29 is 4.74 Å². The van der Waals surface area contributed by atoms with Gasteiger partial charge in [0.05, 0.1) is 0 Å². The molecule has 4 heteroatoms. The fourth-order valence-electron chi connectivity index (χ4n) is 5.34. The van der Waals surface area contributed by atoms with E-state index in [4.69, 9.17) is 4.74 Å². The highest BCUT2D eigenvalue weighted by Gasteiger charge is 2.27. The minimum absolute atomic E-state index is 0.559. The van der Waals surface area contributed by atoms with Crippen molar-refractivity contribution in [3.63, 3.8) is 0 Å².